The van der Waals surface area contributed by atoms with E-state index in [4.69, 9.17) is 5.73 Å². The molecule has 0 spiro atoms. The summed E-state index contributed by atoms with van der Waals surface area (Å²) in [6.07, 6.45) is 7.67. The number of β-amino-alcohol motifs (C(OH)–C–C–N with tert-alkyl or cyclic N) is 1. The molecule has 2 bridgehead atoms. The van der Waals surface area contributed by atoms with Crippen molar-refractivity contribution in [2.24, 2.45) is 17.8 Å². The molecule has 6 aromatic rings. The Bertz CT molecular complexity index is 2660. The number of carbonyl (C=O) groups is 2. The SMILES string of the molecule is Cc1ccc2c(N)c(C(=O)NC3CCc4cc(N5CC6CCC(C5)C6C(=O)NCCCCCN5CCN(CC(O)Cn6c7ccc(Br)cc7c7cc(Br)ccc76)CC5)ccc4C3)sc2n1. The van der Waals surface area contributed by atoms with Crippen LogP contribution in [0.5, 0.6) is 0 Å². The molecule has 342 valence electrons. The number of piperazine rings is 1. The number of carbonyl (C=O) groups excluding carboxylic acids is 2. The number of pyridine rings is 1. The number of hydrogen-bond donors (Lipinski definition) is 4. The first kappa shape index (κ1) is 44.8. The van der Waals surface area contributed by atoms with Crippen molar-refractivity contribution in [2.45, 2.75) is 77.0 Å². The number of rotatable bonds is 14. The van der Waals surface area contributed by atoms with Gasteiger partial charge in [0.25, 0.3) is 5.91 Å². The number of hydrogen-bond acceptors (Lipinski definition) is 9. The summed E-state index contributed by atoms with van der Waals surface area (Å²) in [5.41, 5.74) is 14.0. The summed E-state index contributed by atoms with van der Waals surface area (Å²) in [6, 6.07) is 23.6. The molecule has 14 heteroatoms. The van der Waals surface area contributed by atoms with Gasteiger partial charge in [0, 0.05) is 112 Å². The van der Waals surface area contributed by atoms with Gasteiger partial charge < -0.3 is 35.8 Å². The first-order valence-electron chi connectivity index (χ1n) is 23.7. The highest BCUT2D eigenvalue weighted by Gasteiger charge is 2.46. The van der Waals surface area contributed by atoms with Gasteiger partial charge in [-0.1, -0.05) is 44.3 Å². The number of halogens is 2. The summed E-state index contributed by atoms with van der Waals surface area (Å²) >= 11 is 8.65. The summed E-state index contributed by atoms with van der Waals surface area (Å²) in [5, 5.41) is 21.1. The van der Waals surface area contributed by atoms with E-state index in [-0.39, 0.29) is 23.8 Å². The number of nitrogens with one attached hydrogen (secondary N) is 2. The normalized spacial score (nSPS) is 21.9. The van der Waals surface area contributed by atoms with E-state index in [9.17, 15) is 14.7 Å². The molecule has 3 aromatic heterocycles. The van der Waals surface area contributed by atoms with Crippen LogP contribution in [0.15, 0.2) is 75.7 Å². The number of unbranched alkanes of at least 4 members (excludes halogenated alkanes) is 2. The fraction of sp³-hybridized carbons (Fsp3) is 0.471. The van der Waals surface area contributed by atoms with Gasteiger partial charge in [0.1, 0.15) is 9.71 Å². The van der Waals surface area contributed by atoms with E-state index in [1.807, 2.05) is 19.1 Å². The Labute approximate surface area is 402 Å². The molecule has 3 aromatic carbocycles. The van der Waals surface area contributed by atoms with Crippen LogP contribution in [-0.2, 0) is 24.2 Å². The van der Waals surface area contributed by atoms with Crippen LogP contribution in [0.4, 0.5) is 11.4 Å². The number of amides is 2. The zero-order valence-corrected chi connectivity index (χ0v) is 41.2. The number of nitrogens with zero attached hydrogens (tertiary/aromatic N) is 5. The zero-order valence-electron chi connectivity index (χ0n) is 37.2. The minimum Gasteiger partial charge on any atom is -0.397 e. The van der Waals surface area contributed by atoms with Gasteiger partial charge in [0.15, 0.2) is 0 Å². The van der Waals surface area contributed by atoms with Gasteiger partial charge in [-0.2, -0.15) is 0 Å². The number of aromatic nitrogens is 2. The van der Waals surface area contributed by atoms with Gasteiger partial charge in [-0.3, -0.25) is 14.5 Å². The van der Waals surface area contributed by atoms with Gasteiger partial charge in [-0.25, -0.2) is 4.98 Å². The Hall–Kier alpha value is -4.05. The third kappa shape index (κ3) is 9.58. The molecule has 11 nitrogen and oxygen atoms in total. The van der Waals surface area contributed by atoms with Gasteiger partial charge in [0.2, 0.25) is 5.91 Å². The molecule has 2 amide bonds. The fourth-order valence-electron chi connectivity index (χ4n) is 11.4. The molecule has 0 radical (unpaired) electrons. The van der Waals surface area contributed by atoms with E-state index >= 15 is 0 Å². The predicted octanol–water partition coefficient (Wildman–Crippen LogP) is 8.53. The maximum atomic E-state index is 13.6. The van der Waals surface area contributed by atoms with Crippen molar-refractivity contribution in [1.82, 2.24) is 30.0 Å². The van der Waals surface area contributed by atoms with Crippen molar-refractivity contribution in [1.29, 1.82) is 0 Å². The molecule has 10 rings (SSSR count). The number of benzene rings is 3. The Morgan fingerprint density at radius 1 is 0.831 bits per heavy atom. The highest BCUT2D eigenvalue weighted by Crippen LogP contribution is 2.44. The third-order valence-electron chi connectivity index (χ3n) is 14.8. The largest absolute Gasteiger partial charge is 0.397 e. The van der Waals surface area contributed by atoms with E-state index in [2.05, 4.69) is 121 Å². The summed E-state index contributed by atoms with van der Waals surface area (Å²) in [6.45, 7) is 10.9. The van der Waals surface area contributed by atoms with Crippen molar-refractivity contribution in [2.75, 3.05) is 69.5 Å². The Kier molecular flexibility index (Phi) is 13.3. The monoisotopic (exact) mass is 1020 g/mol. The second-order valence-electron chi connectivity index (χ2n) is 19.1. The molecule has 1 saturated carbocycles. The first-order chi connectivity index (χ1) is 31.5. The topological polar surface area (TPSA) is 132 Å². The quantitative estimate of drug-likeness (QED) is 0.0800. The lowest BCUT2D eigenvalue weighted by Gasteiger charge is -2.39. The standard InChI is InChI=1S/C51H60Br2N8O3S/c1-31-5-14-41-47(54)48(65-51(41)56-31)50(64)57-38-12-8-33-24-39(13-9-32(33)23-38)60-27-34-6-7-35(28-60)46(34)49(63)55-17-3-2-4-18-58-19-21-59(22-20-58)29-40(62)30-61-44-15-10-36(52)25-42(44)43-26-37(53)11-16-45(43)61/h5,9-11,13-16,24-26,34-35,38,40,46,62H,2-4,6-8,12,17-23,27-30,54H2,1H3,(H,55,63)(H,57,64). The molecule has 3 fully saturated rings. The van der Waals surface area contributed by atoms with Crippen molar-refractivity contribution in [3.63, 3.8) is 0 Å². The molecule has 5 heterocycles. The number of thiophene rings is 1. The molecule has 4 atom stereocenters. The van der Waals surface area contributed by atoms with E-state index in [1.54, 1.807) is 0 Å². The lowest BCUT2D eigenvalue weighted by atomic mass is 9.83. The second-order valence-corrected chi connectivity index (χ2v) is 22.0. The number of nitrogens with two attached hydrogens (primary N) is 1. The van der Waals surface area contributed by atoms with Crippen molar-refractivity contribution >= 4 is 98.4 Å². The van der Waals surface area contributed by atoms with Crippen molar-refractivity contribution in [3.05, 3.63) is 97.4 Å². The zero-order chi connectivity index (χ0) is 44.8. The summed E-state index contributed by atoms with van der Waals surface area (Å²) in [5.74, 6) is 1.05. The molecule has 4 aliphatic rings. The lowest BCUT2D eigenvalue weighted by molar-refractivity contribution is -0.127. The van der Waals surface area contributed by atoms with Crippen LogP contribution in [0, 0.1) is 24.7 Å². The number of anilines is 2. The average molecular weight is 1020 g/mol. The van der Waals surface area contributed by atoms with Crippen LogP contribution >= 0.6 is 43.2 Å². The molecule has 5 N–H and O–H groups in total. The maximum absolute atomic E-state index is 13.6. The van der Waals surface area contributed by atoms with E-state index in [0.29, 0.717) is 35.5 Å². The fourth-order valence-corrected chi connectivity index (χ4v) is 13.2. The average Bonchev–Trinajstić information content (AvgIpc) is 3.88. The number of piperidine rings is 1. The van der Waals surface area contributed by atoms with E-state index in [1.165, 1.54) is 38.9 Å². The first-order valence-corrected chi connectivity index (χ1v) is 26.1. The highest BCUT2D eigenvalue weighted by molar-refractivity contribution is 9.10. The highest BCUT2D eigenvalue weighted by atomic mass is 79.9. The summed E-state index contributed by atoms with van der Waals surface area (Å²) < 4.78 is 4.37. The number of aliphatic hydroxyl groups excluding tert-OH is 1. The number of aryl methyl sites for hydroxylation is 2. The van der Waals surface area contributed by atoms with E-state index < -0.39 is 6.10 Å². The van der Waals surface area contributed by atoms with Crippen LogP contribution in [0.25, 0.3) is 32.0 Å². The molecule has 2 aliphatic carbocycles. The van der Waals surface area contributed by atoms with Crippen molar-refractivity contribution < 1.29 is 14.7 Å². The summed E-state index contributed by atoms with van der Waals surface area (Å²) in [7, 11) is 0. The van der Waals surface area contributed by atoms with Crippen LogP contribution in [0.3, 0.4) is 0 Å². The second kappa shape index (κ2) is 19.3. The maximum Gasteiger partial charge on any atom is 0.263 e. The number of fused-ring (bicyclic) bond motifs is 7. The van der Waals surface area contributed by atoms with Gasteiger partial charge >= 0.3 is 0 Å². The Balaban J connectivity index is 0.625. The minimum absolute atomic E-state index is 0.0659. The number of aliphatic hydroxyl groups is 1. The van der Waals surface area contributed by atoms with Gasteiger partial charge in [-0.05, 0) is 142 Å². The molecule has 65 heavy (non-hydrogen) atoms. The Morgan fingerprint density at radius 2 is 1.54 bits per heavy atom. The molecule has 2 saturated heterocycles. The third-order valence-corrected chi connectivity index (χ3v) is 16.9. The predicted molar refractivity (Wildman–Crippen MR) is 271 cm³/mol. The molecule has 2 aliphatic heterocycles. The minimum atomic E-state index is -0.457. The number of nitrogen functional groups attached to an aromatic ring is 1. The van der Waals surface area contributed by atoms with Gasteiger partial charge in [0.05, 0.1) is 18.3 Å². The Morgan fingerprint density at radius 3 is 2.26 bits per heavy atom. The molecule has 4 unspecified atom stereocenters. The van der Waals surface area contributed by atoms with Crippen LogP contribution < -0.4 is 21.3 Å². The molecular weight excluding hydrogens is 964 g/mol. The lowest BCUT2D eigenvalue weighted by Crippen LogP contribution is -2.49. The van der Waals surface area contributed by atoms with Gasteiger partial charge in [-0.15, -0.1) is 11.3 Å². The van der Waals surface area contributed by atoms with Crippen molar-refractivity contribution in [3.8, 4) is 0 Å². The smallest absolute Gasteiger partial charge is 0.263 e. The van der Waals surface area contributed by atoms with Crippen LogP contribution in [0.1, 0.15) is 65.0 Å². The van der Waals surface area contributed by atoms with E-state index in [0.717, 1.165) is 140 Å². The molecular formula is C51H60Br2N8O3S. The summed E-state index contributed by atoms with van der Waals surface area (Å²) in [4.78, 5) is 40.3. The van der Waals surface area contributed by atoms with Crippen LogP contribution in [0.2, 0.25) is 0 Å². The van der Waals surface area contributed by atoms with Crippen LogP contribution in [-0.4, -0.2) is 107 Å².